The van der Waals surface area contributed by atoms with Crippen LogP contribution in [0.15, 0.2) is 14.7 Å². The normalized spacial score (nSPS) is 12.8. The number of sulfone groups is 1. The van der Waals surface area contributed by atoms with Crippen LogP contribution in [0.25, 0.3) is 0 Å². The molecule has 0 aromatic carbocycles. The fourth-order valence-corrected chi connectivity index (χ4v) is 5.46. The highest BCUT2D eigenvalue weighted by molar-refractivity contribution is 9.11. The second-order valence-corrected chi connectivity index (χ2v) is 10.7. The standard InChI is InChI=1S/C9H12BrNO6S3/c1-11(3-4-19(2,14)15)20(16,17)7-5-6(9(12)13)18-8(7)10/h5H,3-4H2,1-2H3,(H,12,13). The van der Waals surface area contributed by atoms with E-state index in [9.17, 15) is 21.6 Å². The van der Waals surface area contributed by atoms with Crippen LogP contribution in [0.1, 0.15) is 9.67 Å². The molecule has 0 bridgehead atoms. The first-order chi connectivity index (χ1) is 8.95. The molecule has 0 unspecified atom stereocenters. The number of sulfonamides is 1. The summed E-state index contributed by atoms with van der Waals surface area (Å²) in [5, 5.41) is 8.84. The van der Waals surface area contributed by atoms with Gasteiger partial charge in [0.2, 0.25) is 10.0 Å². The molecule has 0 aliphatic rings. The number of carbonyl (C=O) groups is 1. The summed E-state index contributed by atoms with van der Waals surface area (Å²) in [5.74, 6) is -1.54. The molecule has 0 amide bonds. The quantitative estimate of drug-likeness (QED) is 0.751. The third kappa shape index (κ3) is 4.25. The van der Waals surface area contributed by atoms with Gasteiger partial charge in [0.25, 0.3) is 0 Å². The Hall–Kier alpha value is -0.490. The number of nitrogens with zero attached hydrogens (tertiary/aromatic N) is 1. The fourth-order valence-electron chi connectivity index (χ4n) is 1.22. The van der Waals surface area contributed by atoms with E-state index in [0.717, 1.165) is 28.0 Å². The molecule has 1 aromatic heterocycles. The van der Waals surface area contributed by atoms with Gasteiger partial charge in [0.05, 0.1) is 9.54 Å². The van der Waals surface area contributed by atoms with E-state index in [-0.39, 0.29) is 25.9 Å². The van der Waals surface area contributed by atoms with Crippen molar-refractivity contribution >= 4 is 53.1 Å². The van der Waals surface area contributed by atoms with Crippen molar-refractivity contribution in [1.29, 1.82) is 0 Å². The summed E-state index contributed by atoms with van der Waals surface area (Å²) in [6.07, 6.45) is 1.01. The van der Waals surface area contributed by atoms with Gasteiger partial charge in [-0.2, -0.15) is 4.31 Å². The highest BCUT2D eigenvalue weighted by atomic mass is 79.9. The van der Waals surface area contributed by atoms with Crippen LogP contribution in [0.4, 0.5) is 0 Å². The van der Waals surface area contributed by atoms with Crippen LogP contribution in [0.3, 0.4) is 0 Å². The van der Waals surface area contributed by atoms with E-state index in [1.54, 1.807) is 0 Å². The first-order valence-electron chi connectivity index (χ1n) is 5.12. The maximum Gasteiger partial charge on any atom is 0.345 e. The summed E-state index contributed by atoms with van der Waals surface area (Å²) in [5.41, 5.74) is 0. The zero-order valence-electron chi connectivity index (χ0n) is 10.5. The second kappa shape index (κ2) is 6.10. The molecule has 0 aliphatic heterocycles. The SMILES string of the molecule is CN(CCS(C)(=O)=O)S(=O)(=O)c1cc(C(=O)O)sc1Br. The van der Waals surface area contributed by atoms with Gasteiger partial charge < -0.3 is 5.11 Å². The van der Waals surface area contributed by atoms with Crippen LogP contribution < -0.4 is 0 Å². The van der Waals surface area contributed by atoms with Gasteiger partial charge in [-0.3, -0.25) is 0 Å². The van der Waals surface area contributed by atoms with Gasteiger partial charge in [-0.25, -0.2) is 21.6 Å². The average Bonchev–Trinajstić information content (AvgIpc) is 2.67. The lowest BCUT2D eigenvalue weighted by Gasteiger charge is -2.15. The van der Waals surface area contributed by atoms with Crippen LogP contribution in [-0.4, -0.2) is 57.8 Å². The highest BCUT2D eigenvalue weighted by Crippen LogP contribution is 2.33. The minimum absolute atomic E-state index is 0.119. The fraction of sp³-hybridized carbons (Fsp3) is 0.444. The molecule has 114 valence electrons. The maximum absolute atomic E-state index is 12.2. The molecule has 1 aromatic rings. The number of thiophene rings is 1. The monoisotopic (exact) mass is 405 g/mol. The van der Waals surface area contributed by atoms with Crippen LogP contribution in [0.5, 0.6) is 0 Å². The number of aromatic carboxylic acids is 1. The zero-order chi connectivity index (χ0) is 15.7. The molecule has 1 rings (SSSR count). The zero-order valence-corrected chi connectivity index (χ0v) is 14.6. The Balaban J connectivity index is 3.07. The molecule has 0 spiro atoms. The van der Waals surface area contributed by atoms with Gasteiger partial charge in [0.15, 0.2) is 0 Å². The van der Waals surface area contributed by atoms with E-state index in [4.69, 9.17) is 5.11 Å². The van der Waals surface area contributed by atoms with Crippen molar-refractivity contribution in [3.8, 4) is 0 Å². The first-order valence-corrected chi connectivity index (χ1v) is 10.2. The Morgan fingerprint density at radius 1 is 1.40 bits per heavy atom. The number of carboxylic acids is 1. The minimum atomic E-state index is -3.94. The minimum Gasteiger partial charge on any atom is -0.477 e. The Bertz CT molecular complexity index is 721. The smallest absolute Gasteiger partial charge is 0.345 e. The number of hydrogen-bond acceptors (Lipinski definition) is 6. The third-order valence-electron chi connectivity index (χ3n) is 2.33. The average molecular weight is 406 g/mol. The van der Waals surface area contributed by atoms with Crippen molar-refractivity contribution in [2.75, 3.05) is 25.6 Å². The van der Waals surface area contributed by atoms with E-state index in [1.807, 2.05) is 0 Å². The number of halogens is 1. The Kier molecular flexibility index (Phi) is 5.35. The molecular weight excluding hydrogens is 394 g/mol. The number of carboxylic acid groups (broad SMARTS) is 1. The van der Waals surface area contributed by atoms with E-state index in [2.05, 4.69) is 15.9 Å². The summed E-state index contributed by atoms with van der Waals surface area (Å²) in [6, 6.07) is 1.05. The molecule has 0 fully saturated rings. The molecule has 0 radical (unpaired) electrons. The molecule has 1 N–H and O–H groups in total. The van der Waals surface area contributed by atoms with Gasteiger partial charge in [-0.1, -0.05) is 0 Å². The van der Waals surface area contributed by atoms with Crippen LogP contribution in [-0.2, 0) is 19.9 Å². The highest BCUT2D eigenvalue weighted by Gasteiger charge is 2.27. The molecule has 7 nitrogen and oxygen atoms in total. The number of rotatable bonds is 6. The lowest BCUT2D eigenvalue weighted by Crippen LogP contribution is -2.31. The Morgan fingerprint density at radius 3 is 2.35 bits per heavy atom. The molecule has 0 atom stereocenters. The Morgan fingerprint density at radius 2 is 1.95 bits per heavy atom. The summed E-state index contributed by atoms with van der Waals surface area (Å²) >= 11 is 3.79. The lowest BCUT2D eigenvalue weighted by molar-refractivity contribution is 0.0702. The maximum atomic E-state index is 12.2. The van der Waals surface area contributed by atoms with Gasteiger partial charge in [0, 0.05) is 19.8 Å². The van der Waals surface area contributed by atoms with Crippen molar-refractivity contribution in [2.24, 2.45) is 0 Å². The Labute approximate surface area is 129 Å². The third-order valence-corrected chi connectivity index (χ3v) is 7.35. The summed E-state index contributed by atoms with van der Waals surface area (Å²) in [6.45, 7) is -0.203. The van der Waals surface area contributed by atoms with Crippen molar-refractivity contribution in [3.63, 3.8) is 0 Å². The molecule has 11 heteroatoms. The van der Waals surface area contributed by atoms with Crippen LogP contribution in [0.2, 0.25) is 0 Å². The molecule has 0 aliphatic carbocycles. The second-order valence-electron chi connectivity index (χ2n) is 4.01. The lowest BCUT2D eigenvalue weighted by atomic mass is 10.5. The predicted octanol–water partition coefficient (Wildman–Crippen LogP) is 0.874. The van der Waals surface area contributed by atoms with E-state index < -0.39 is 25.8 Å². The first kappa shape index (κ1) is 17.6. The number of hydrogen-bond donors (Lipinski definition) is 1. The largest absolute Gasteiger partial charge is 0.477 e. The van der Waals surface area contributed by atoms with E-state index in [1.165, 1.54) is 7.05 Å². The summed E-state index contributed by atoms with van der Waals surface area (Å²) in [7, 11) is -5.98. The summed E-state index contributed by atoms with van der Waals surface area (Å²) in [4.78, 5) is 10.5. The van der Waals surface area contributed by atoms with Crippen LogP contribution in [0, 0.1) is 0 Å². The molecule has 0 saturated carbocycles. The predicted molar refractivity (Wildman–Crippen MR) is 78.5 cm³/mol. The van der Waals surface area contributed by atoms with Crippen molar-refractivity contribution in [1.82, 2.24) is 4.31 Å². The topological polar surface area (TPSA) is 109 Å². The van der Waals surface area contributed by atoms with E-state index >= 15 is 0 Å². The van der Waals surface area contributed by atoms with Gasteiger partial charge in [-0.15, -0.1) is 11.3 Å². The van der Waals surface area contributed by atoms with Crippen molar-refractivity contribution in [2.45, 2.75) is 4.90 Å². The van der Waals surface area contributed by atoms with Crippen LogP contribution >= 0.6 is 27.3 Å². The summed E-state index contributed by atoms with van der Waals surface area (Å²) < 4.78 is 47.6. The van der Waals surface area contributed by atoms with Gasteiger partial charge >= 0.3 is 5.97 Å². The van der Waals surface area contributed by atoms with E-state index in [0.29, 0.717) is 0 Å². The van der Waals surface area contributed by atoms with Crippen molar-refractivity contribution < 1.29 is 26.7 Å². The molecule has 0 saturated heterocycles. The van der Waals surface area contributed by atoms with Gasteiger partial charge in [0.1, 0.15) is 19.6 Å². The van der Waals surface area contributed by atoms with Crippen molar-refractivity contribution in [3.05, 3.63) is 14.7 Å². The molecule has 20 heavy (non-hydrogen) atoms. The van der Waals surface area contributed by atoms with Gasteiger partial charge in [-0.05, 0) is 22.0 Å². The molecule has 1 heterocycles. The molecular formula is C9H12BrNO6S3.